The Bertz CT molecular complexity index is 541. The molecule has 0 amide bonds. The number of nitrogen functional groups attached to an aromatic ring is 1. The van der Waals surface area contributed by atoms with Crippen molar-refractivity contribution in [2.75, 3.05) is 25.4 Å². The summed E-state index contributed by atoms with van der Waals surface area (Å²) in [6.45, 7) is 4.86. The molecule has 3 rings (SSSR count). The summed E-state index contributed by atoms with van der Waals surface area (Å²) in [5.74, 6) is 0.431. The molecular formula is C17H25N3O. The molecule has 1 aliphatic heterocycles. The van der Waals surface area contributed by atoms with Crippen LogP contribution < -0.4 is 5.73 Å². The van der Waals surface area contributed by atoms with Gasteiger partial charge in [-0.3, -0.25) is 9.88 Å². The first-order chi connectivity index (χ1) is 10.2. The normalized spacial score (nSPS) is 25.1. The number of β-amino-alcohol motifs (C(OH)–C–C–N with tert-alkyl or cyclic N) is 1. The van der Waals surface area contributed by atoms with E-state index in [9.17, 15) is 5.11 Å². The van der Waals surface area contributed by atoms with E-state index in [1.165, 1.54) is 18.4 Å². The maximum atomic E-state index is 10.2. The Balaban J connectivity index is 1.63. The number of unbranched alkanes of at least 4 members (excludes halogenated alkanes) is 1. The fraction of sp³-hybridized carbons (Fsp3) is 0.588. The minimum atomic E-state index is -0.174. The van der Waals surface area contributed by atoms with Crippen molar-refractivity contribution < 1.29 is 5.11 Å². The van der Waals surface area contributed by atoms with Gasteiger partial charge in [-0.25, -0.2) is 0 Å². The van der Waals surface area contributed by atoms with Crippen LogP contribution in [0.3, 0.4) is 0 Å². The van der Waals surface area contributed by atoms with E-state index >= 15 is 0 Å². The summed E-state index contributed by atoms with van der Waals surface area (Å²) >= 11 is 0. The number of allylic oxidation sites excluding steroid dienone is 1. The van der Waals surface area contributed by atoms with E-state index in [2.05, 4.69) is 22.9 Å². The average molecular weight is 287 g/mol. The summed E-state index contributed by atoms with van der Waals surface area (Å²) in [7, 11) is 0. The quantitative estimate of drug-likeness (QED) is 0.870. The van der Waals surface area contributed by atoms with Gasteiger partial charge in [0.2, 0.25) is 0 Å². The highest BCUT2D eigenvalue weighted by molar-refractivity contribution is 5.75. The van der Waals surface area contributed by atoms with Crippen LogP contribution in [0.25, 0.3) is 5.57 Å². The summed E-state index contributed by atoms with van der Waals surface area (Å²) in [4.78, 5) is 6.85. The molecule has 4 nitrogen and oxygen atoms in total. The largest absolute Gasteiger partial charge is 0.398 e. The van der Waals surface area contributed by atoms with Crippen LogP contribution >= 0.6 is 0 Å². The molecule has 3 N–H and O–H groups in total. The number of pyridine rings is 1. The Morgan fingerprint density at radius 3 is 3.10 bits per heavy atom. The van der Waals surface area contributed by atoms with Crippen LogP contribution in [-0.2, 0) is 6.42 Å². The van der Waals surface area contributed by atoms with Gasteiger partial charge in [-0.1, -0.05) is 25.8 Å². The van der Waals surface area contributed by atoms with Crippen LogP contribution in [-0.4, -0.2) is 40.7 Å². The molecule has 1 fully saturated rings. The fourth-order valence-corrected chi connectivity index (χ4v) is 3.52. The van der Waals surface area contributed by atoms with E-state index in [0.717, 1.165) is 49.4 Å². The van der Waals surface area contributed by atoms with Gasteiger partial charge in [0, 0.05) is 37.1 Å². The topological polar surface area (TPSA) is 62.4 Å². The molecule has 2 aliphatic rings. The van der Waals surface area contributed by atoms with Gasteiger partial charge in [0.25, 0.3) is 0 Å². The van der Waals surface area contributed by atoms with Crippen LogP contribution in [0.2, 0.25) is 0 Å². The molecule has 1 aromatic rings. The van der Waals surface area contributed by atoms with Crippen LogP contribution in [0, 0.1) is 5.92 Å². The van der Waals surface area contributed by atoms with Gasteiger partial charge < -0.3 is 10.8 Å². The number of hydrogen-bond donors (Lipinski definition) is 2. The van der Waals surface area contributed by atoms with Crippen LogP contribution in [0.4, 0.5) is 5.69 Å². The number of likely N-dealkylation sites (tertiary alicyclic amines) is 1. The third kappa shape index (κ3) is 2.97. The van der Waals surface area contributed by atoms with Gasteiger partial charge in [-0.2, -0.15) is 0 Å². The predicted octanol–water partition coefficient (Wildman–Crippen LogP) is 2.09. The van der Waals surface area contributed by atoms with Crippen molar-refractivity contribution in [3.05, 3.63) is 29.6 Å². The predicted molar refractivity (Wildman–Crippen MR) is 85.8 cm³/mol. The number of fused-ring (bicyclic) bond motifs is 1. The number of rotatable bonds is 5. The molecule has 0 spiro atoms. The van der Waals surface area contributed by atoms with Crippen LogP contribution in [0.1, 0.15) is 37.4 Å². The van der Waals surface area contributed by atoms with Crippen molar-refractivity contribution in [3.63, 3.8) is 0 Å². The molecule has 2 atom stereocenters. The van der Waals surface area contributed by atoms with E-state index in [0.29, 0.717) is 5.92 Å². The third-order valence-electron chi connectivity index (χ3n) is 4.75. The number of aromatic nitrogens is 1. The second-order valence-corrected chi connectivity index (χ2v) is 6.32. The number of aliphatic hydroxyl groups excluding tert-OH is 1. The lowest BCUT2D eigenvalue weighted by molar-refractivity contribution is 0.137. The first-order valence-electron chi connectivity index (χ1n) is 8.02. The molecule has 1 unspecified atom stereocenters. The summed E-state index contributed by atoms with van der Waals surface area (Å²) < 4.78 is 0. The SMILES string of the molecule is CCCC[C@H]1CN(CC2=CCc3c(N)ccnc32)CC1O. The number of nitrogens with two attached hydrogens (primary N) is 1. The number of anilines is 1. The van der Waals surface area contributed by atoms with Crippen molar-refractivity contribution >= 4 is 11.3 Å². The van der Waals surface area contributed by atoms with Gasteiger partial charge in [0.1, 0.15) is 0 Å². The molecule has 21 heavy (non-hydrogen) atoms. The molecule has 1 aromatic heterocycles. The standard InChI is InChI=1S/C17H25N3O/c1-2-3-4-12-9-20(11-16(12)21)10-13-5-6-14-15(18)7-8-19-17(13)14/h5,7-8,12,16,21H,2-4,6,9-11H2,1H3,(H2,18,19)/t12-,16?/m0/s1. The first kappa shape index (κ1) is 14.5. The second kappa shape index (κ2) is 6.16. The van der Waals surface area contributed by atoms with Crippen LogP contribution in [0.5, 0.6) is 0 Å². The first-order valence-corrected chi connectivity index (χ1v) is 8.02. The highest BCUT2D eigenvalue weighted by atomic mass is 16.3. The molecular weight excluding hydrogens is 262 g/mol. The number of aliphatic hydroxyl groups is 1. The van der Waals surface area contributed by atoms with Gasteiger partial charge in [-0.15, -0.1) is 0 Å². The Hall–Kier alpha value is -1.39. The van der Waals surface area contributed by atoms with Crippen molar-refractivity contribution in [2.45, 2.75) is 38.7 Å². The summed E-state index contributed by atoms with van der Waals surface area (Å²) in [5, 5.41) is 10.2. The lowest BCUT2D eigenvalue weighted by Crippen LogP contribution is -2.24. The third-order valence-corrected chi connectivity index (χ3v) is 4.75. The van der Waals surface area contributed by atoms with E-state index in [4.69, 9.17) is 5.73 Å². The molecule has 4 heteroatoms. The number of hydrogen-bond acceptors (Lipinski definition) is 4. The highest BCUT2D eigenvalue weighted by Gasteiger charge is 2.32. The van der Waals surface area contributed by atoms with Crippen molar-refractivity contribution in [1.29, 1.82) is 0 Å². The fourth-order valence-electron chi connectivity index (χ4n) is 3.52. The Morgan fingerprint density at radius 1 is 1.43 bits per heavy atom. The zero-order valence-electron chi connectivity index (χ0n) is 12.8. The highest BCUT2D eigenvalue weighted by Crippen LogP contribution is 2.31. The second-order valence-electron chi connectivity index (χ2n) is 6.32. The maximum absolute atomic E-state index is 10.2. The minimum Gasteiger partial charge on any atom is -0.398 e. The van der Waals surface area contributed by atoms with Gasteiger partial charge >= 0.3 is 0 Å². The minimum absolute atomic E-state index is 0.174. The molecule has 2 heterocycles. The smallest absolute Gasteiger partial charge is 0.0727 e. The summed E-state index contributed by atoms with van der Waals surface area (Å²) in [6, 6.07) is 1.87. The van der Waals surface area contributed by atoms with E-state index < -0.39 is 0 Å². The lowest BCUT2D eigenvalue weighted by atomic mass is 9.99. The van der Waals surface area contributed by atoms with Crippen LogP contribution in [0.15, 0.2) is 18.3 Å². The molecule has 1 aliphatic carbocycles. The average Bonchev–Trinajstić information content (AvgIpc) is 3.02. The van der Waals surface area contributed by atoms with Gasteiger partial charge in [0.05, 0.1) is 11.8 Å². The summed E-state index contributed by atoms with van der Waals surface area (Å²) in [5.41, 5.74) is 10.3. The molecule has 0 radical (unpaired) electrons. The molecule has 0 aromatic carbocycles. The Labute approximate surface area is 126 Å². The Kier molecular flexibility index (Phi) is 4.27. The number of nitrogens with zero attached hydrogens (tertiary/aromatic N) is 2. The van der Waals surface area contributed by atoms with E-state index in [-0.39, 0.29) is 6.10 Å². The zero-order chi connectivity index (χ0) is 14.8. The van der Waals surface area contributed by atoms with E-state index in [1.54, 1.807) is 6.20 Å². The van der Waals surface area contributed by atoms with E-state index in [1.807, 2.05) is 6.07 Å². The lowest BCUT2D eigenvalue weighted by Gasteiger charge is -2.17. The van der Waals surface area contributed by atoms with Gasteiger partial charge in [0.15, 0.2) is 0 Å². The van der Waals surface area contributed by atoms with Crippen molar-refractivity contribution in [3.8, 4) is 0 Å². The maximum Gasteiger partial charge on any atom is 0.0727 e. The monoisotopic (exact) mass is 287 g/mol. The molecule has 0 saturated carbocycles. The van der Waals surface area contributed by atoms with Crippen molar-refractivity contribution in [1.82, 2.24) is 9.88 Å². The summed E-state index contributed by atoms with van der Waals surface area (Å²) in [6.07, 6.45) is 8.28. The Morgan fingerprint density at radius 2 is 2.29 bits per heavy atom. The van der Waals surface area contributed by atoms with Gasteiger partial charge in [-0.05, 0) is 30.4 Å². The molecule has 0 bridgehead atoms. The molecule has 1 saturated heterocycles. The zero-order valence-corrected chi connectivity index (χ0v) is 12.8. The van der Waals surface area contributed by atoms with Crippen molar-refractivity contribution in [2.24, 2.45) is 5.92 Å². The molecule has 114 valence electrons.